The second-order valence-corrected chi connectivity index (χ2v) is 3.53. The fourth-order valence-electron chi connectivity index (χ4n) is 1.55. The summed E-state index contributed by atoms with van der Waals surface area (Å²) in [6.07, 6.45) is -3.12. The maximum atomic E-state index is 12.2. The zero-order valence-corrected chi connectivity index (χ0v) is 8.47. The Kier molecular flexibility index (Phi) is 4.20. The van der Waals surface area contributed by atoms with Crippen molar-refractivity contribution in [3.05, 3.63) is 24.2 Å². The van der Waals surface area contributed by atoms with Crippen LogP contribution >= 0.6 is 0 Å². The molecule has 0 saturated carbocycles. The lowest BCUT2D eigenvalue weighted by molar-refractivity contribution is -0.144. The van der Waals surface area contributed by atoms with E-state index in [4.69, 9.17) is 4.42 Å². The maximum absolute atomic E-state index is 12.2. The van der Waals surface area contributed by atoms with Gasteiger partial charge in [0.1, 0.15) is 5.76 Å². The summed E-state index contributed by atoms with van der Waals surface area (Å²) in [4.78, 5) is 0. The zero-order valence-electron chi connectivity index (χ0n) is 8.47. The molecule has 0 fully saturated rings. The SMILES string of the molecule is CNC[C@@H](Cc1ccco1)CC(F)(F)F. The summed E-state index contributed by atoms with van der Waals surface area (Å²) in [6, 6.07) is 3.37. The topological polar surface area (TPSA) is 25.2 Å². The molecular weight excluding hydrogens is 207 g/mol. The number of nitrogens with one attached hydrogen (secondary N) is 1. The summed E-state index contributed by atoms with van der Waals surface area (Å²) in [5.41, 5.74) is 0. The quantitative estimate of drug-likeness (QED) is 0.826. The van der Waals surface area contributed by atoms with Crippen molar-refractivity contribution < 1.29 is 17.6 Å². The van der Waals surface area contributed by atoms with E-state index in [1.54, 1.807) is 19.2 Å². The average Bonchev–Trinajstić information content (AvgIpc) is 2.54. The van der Waals surface area contributed by atoms with Gasteiger partial charge in [0.25, 0.3) is 0 Å². The molecule has 1 N–H and O–H groups in total. The first-order valence-electron chi connectivity index (χ1n) is 4.75. The molecule has 0 aliphatic rings. The Morgan fingerprint density at radius 2 is 2.20 bits per heavy atom. The second-order valence-electron chi connectivity index (χ2n) is 3.53. The van der Waals surface area contributed by atoms with Gasteiger partial charge in [-0.1, -0.05) is 0 Å². The summed E-state index contributed by atoms with van der Waals surface area (Å²) in [6.45, 7) is 0.334. The van der Waals surface area contributed by atoms with E-state index in [2.05, 4.69) is 5.32 Å². The molecule has 1 aromatic rings. The van der Waals surface area contributed by atoms with Crippen molar-refractivity contribution in [2.45, 2.75) is 19.0 Å². The average molecular weight is 221 g/mol. The molecule has 1 aromatic heterocycles. The fraction of sp³-hybridized carbons (Fsp3) is 0.600. The molecule has 0 spiro atoms. The van der Waals surface area contributed by atoms with Crippen LogP contribution in [-0.4, -0.2) is 19.8 Å². The minimum atomic E-state index is -4.12. The van der Waals surface area contributed by atoms with E-state index in [1.165, 1.54) is 6.26 Å². The van der Waals surface area contributed by atoms with Crippen molar-refractivity contribution >= 4 is 0 Å². The number of hydrogen-bond donors (Lipinski definition) is 1. The largest absolute Gasteiger partial charge is 0.469 e. The first-order chi connectivity index (χ1) is 7.01. The Morgan fingerprint density at radius 1 is 1.47 bits per heavy atom. The molecule has 0 aromatic carbocycles. The van der Waals surface area contributed by atoms with Crippen LogP contribution in [0.1, 0.15) is 12.2 Å². The predicted octanol–water partition coefficient (Wildman–Crippen LogP) is 2.61. The summed E-state index contributed by atoms with van der Waals surface area (Å²) in [5, 5.41) is 2.76. The first kappa shape index (κ1) is 12.1. The molecule has 86 valence electrons. The van der Waals surface area contributed by atoms with E-state index < -0.39 is 18.5 Å². The van der Waals surface area contributed by atoms with E-state index >= 15 is 0 Å². The van der Waals surface area contributed by atoms with E-state index in [0.717, 1.165) is 0 Å². The van der Waals surface area contributed by atoms with E-state index in [9.17, 15) is 13.2 Å². The van der Waals surface area contributed by atoms with Gasteiger partial charge in [0.2, 0.25) is 0 Å². The zero-order chi connectivity index (χ0) is 11.3. The van der Waals surface area contributed by atoms with Crippen molar-refractivity contribution in [3.63, 3.8) is 0 Å². The van der Waals surface area contributed by atoms with Gasteiger partial charge in [0, 0.05) is 12.8 Å². The molecule has 1 atom stereocenters. The Hall–Kier alpha value is -0.970. The minimum absolute atomic E-state index is 0.313. The Labute approximate surface area is 86.5 Å². The molecule has 0 radical (unpaired) electrons. The van der Waals surface area contributed by atoms with Crippen molar-refractivity contribution in [3.8, 4) is 0 Å². The standard InChI is InChI=1S/C10H14F3NO/c1-14-7-8(6-10(11,12)13)5-9-3-2-4-15-9/h2-4,8,14H,5-7H2,1H3/t8-/m0/s1. The lowest BCUT2D eigenvalue weighted by Crippen LogP contribution is -2.26. The summed E-state index contributed by atoms with van der Waals surface area (Å²) in [7, 11) is 1.64. The number of furan rings is 1. The van der Waals surface area contributed by atoms with Crippen molar-refractivity contribution in [2.24, 2.45) is 5.92 Å². The molecule has 1 heterocycles. The fourth-order valence-corrected chi connectivity index (χ4v) is 1.55. The van der Waals surface area contributed by atoms with Gasteiger partial charge in [-0.05, 0) is 31.6 Å². The molecule has 0 amide bonds. The van der Waals surface area contributed by atoms with Crippen LogP contribution in [0.5, 0.6) is 0 Å². The Morgan fingerprint density at radius 3 is 2.67 bits per heavy atom. The number of rotatable bonds is 5. The van der Waals surface area contributed by atoms with Gasteiger partial charge in [-0.2, -0.15) is 13.2 Å². The highest BCUT2D eigenvalue weighted by Crippen LogP contribution is 2.26. The molecule has 0 saturated heterocycles. The maximum Gasteiger partial charge on any atom is 0.389 e. The van der Waals surface area contributed by atoms with Gasteiger partial charge < -0.3 is 9.73 Å². The van der Waals surface area contributed by atoms with Crippen LogP contribution in [0.25, 0.3) is 0 Å². The second kappa shape index (κ2) is 5.21. The van der Waals surface area contributed by atoms with Gasteiger partial charge in [-0.3, -0.25) is 0 Å². The van der Waals surface area contributed by atoms with Crippen LogP contribution in [0.15, 0.2) is 22.8 Å². The first-order valence-corrected chi connectivity index (χ1v) is 4.75. The third-order valence-electron chi connectivity index (χ3n) is 2.08. The van der Waals surface area contributed by atoms with Crippen LogP contribution in [0.2, 0.25) is 0 Å². The summed E-state index contributed by atoms with van der Waals surface area (Å²) < 4.78 is 41.6. The Bertz CT molecular complexity index is 269. The van der Waals surface area contributed by atoms with E-state index in [-0.39, 0.29) is 0 Å². The van der Waals surface area contributed by atoms with Crippen LogP contribution in [0, 0.1) is 5.92 Å². The van der Waals surface area contributed by atoms with Gasteiger partial charge >= 0.3 is 6.18 Å². The smallest absolute Gasteiger partial charge is 0.389 e. The third-order valence-corrected chi connectivity index (χ3v) is 2.08. The predicted molar refractivity (Wildman–Crippen MR) is 50.5 cm³/mol. The molecule has 0 bridgehead atoms. The van der Waals surface area contributed by atoms with Gasteiger partial charge in [-0.15, -0.1) is 0 Å². The molecular formula is C10H14F3NO. The monoisotopic (exact) mass is 221 g/mol. The van der Waals surface area contributed by atoms with Gasteiger partial charge in [0.15, 0.2) is 0 Å². The van der Waals surface area contributed by atoms with Crippen LogP contribution in [-0.2, 0) is 6.42 Å². The van der Waals surface area contributed by atoms with Crippen LogP contribution in [0.4, 0.5) is 13.2 Å². The highest BCUT2D eigenvalue weighted by molar-refractivity contribution is 4.99. The highest BCUT2D eigenvalue weighted by Gasteiger charge is 2.31. The number of alkyl halides is 3. The van der Waals surface area contributed by atoms with Crippen LogP contribution < -0.4 is 5.32 Å². The summed E-state index contributed by atoms with van der Waals surface area (Å²) >= 11 is 0. The minimum Gasteiger partial charge on any atom is -0.469 e. The normalized spacial score (nSPS) is 14.1. The van der Waals surface area contributed by atoms with E-state index in [0.29, 0.717) is 18.7 Å². The van der Waals surface area contributed by atoms with Gasteiger partial charge in [0.05, 0.1) is 6.26 Å². The lowest BCUT2D eigenvalue weighted by atomic mass is 9.99. The molecule has 1 rings (SSSR count). The number of hydrogen-bond acceptors (Lipinski definition) is 2. The lowest BCUT2D eigenvalue weighted by Gasteiger charge is -2.16. The molecule has 5 heteroatoms. The van der Waals surface area contributed by atoms with Crippen molar-refractivity contribution in [2.75, 3.05) is 13.6 Å². The third kappa shape index (κ3) is 4.88. The van der Waals surface area contributed by atoms with Crippen molar-refractivity contribution in [1.29, 1.82) is 0 Å². The van der Waals surface area contributed by atoms with Gasteiger partial charge in [-0.25, -0.2) is 0 Å². The Balaban J connectivity index is 2.51. The summed E-state index contributed by atoms with van der Waals surface area (Å²) in [5.74, 6) is 0.126. The number of halogens is 3. The molecule has 0 aliphatic carbocycles. The molecule has 2 nitrogen and oxygen atoms in total. The highest BCUT2D eigenvalue weighted by atomic mass is 19.4. The molecule has 0 unspecified atom stereocenters. The molecule has 15 heavy (non-hydrogen) atoms. The van der Waals surface area contributed by atoms with Crippen molar-refractivity contribution in [1.82, 2.24) is 5.32 Å². The van der Waals surface area contributed by atoms with E-state index in [1.807, 2.05) is 0 Å². The molecule has 0 aliphatic heterocycles. The van der Waals surface area contributed by atoms with Crippen LogP contribution in [0.3, 0.4) is 0 Å².